The average Bonchev–Trinajstić information content (AvgIpc) is 3.10. The van der Waals surface area contributed by atoms with Crippen LogP contribution >= 0.6 is 0 Å². The summed E-state index contributed by atoms with van der Waals surface area (Å²) < 4.78 is 42.3. The predicted molar refractivity (Wildman–Crippen MR) is 103 cm³/mol. The third-order valence-corrected chi connectivity index (χ3v) is 5.02. The average molecular weight is 416 g/mol. The lowest BCUT2D eigenvalue weighted by Crippen LogP contribution is -2.49. The molecule has 1 aromatic carbocycles. The summed E-state index contributed by atoms with van der Waals surface area (Å²) in [5, 5.41) is 4.42. The van der Waals surface area contributed by atoms with Gasteiger partial charge in [0.2, 0.25) is 0 Å². The number of halogens is 3. The number of anilines is 1. The highest BCUT2D eigenvalue weighted by Crippen LogP contribution is 2.20. The Hall–Kier alpha value is -3.43. The lowest BCUT2D eigenvalue weighted by atomic mass is 10.1. The smallest absolute Gasteiger partial charge is 0.257 e. The first-order chi connectivity index (χ1) is 14.3. The first-order valence-corrected chi connectivity index (χ1v) is 9.38. The van der Waals surface area contributed by atoms with Crippen molar-refractivity contribution in [2.24, 2.45) is 0 Å². The monoisotopic (exact) mass is 416 g/mol. The molecular weight excluding hydrogens is 397 g/mol. The summed E-state index contributed by atoms with van der Waals surface area (Å²) in [6, 6.07) is 5.48. The van der Waals surface area contributed by atoms with Crippen LogP contribution in [0.2, 0.25) is 0 Å². The number of aromatic nitrogens is 4. The number of rotatable bonds is 3. The number of amides is 1. The fourth-order valence-electron chi connectivity index (χ4n) is 3.49. The molecule has 0 unspecified atom stereocenters. The van der Waals surface area contributed by atoms with Crippen molar-refractivity contribution >= 4 is 11.7 Å². The van der Waals surface area contributed by atoms with Crippen molar-refractivity contribution in [2.75, 3.05) is 31.1 Å². The Bertz CT molecular complexity index is 1110. The van der Waals surface area contributed by atoms with Gasteiger partial charge < -0.3 is 9.80 Å². The standard InChI is InChI=1S/C20H19F3N6O/c1-12-9-13(2)29(26-12)17-10-16(24-11-25-17)27-5-7-28(8-6-27)20(30)14-3-4-15(21)19(23)18(14)22/h3-4,9-11H,5-8H2,1-2H3. The van der Waals surface area contributed by atoms with Gasteiger partial charge in [-0.3, -0.25) is 4.79 Å². The number of hydrogen-bond acceptors (Lipinski definition) is 5. The Labute approximate surface area is 170 Å². The summed E-state index contributed by atoms with van der Waals surface area (Å²) in [7, 11) is 0. The lowest BCUT2D eigenvalue weighted by molar-refractivity contribution is 0.0740. The number of nitrogens with zero attached hydrogens (tertiary/aromatic N) is 6. The molecule has 156 valence electrons. The second kappa shape index (κ2) is 7.77. The van der Waals surface area contributed by atoms with Gasteiger partial charge >= 0.3 is 0 Å². The minimum Gasteiger partial charge on any atom is -0.353 e. The van der Waals surface area contributed by atoms with Crippen LogP contribution in [0.4, 0.5) is 19.0 Å². The molecule has 0 aliphatic carbocycles. The first-order valence-electron chi connectivity index (χ1n) is 9.38. The van der Waals surface area contributed by atoms with Gasteiger partial charge in [-0.25, -0.2) is 27.8 Å². The van der Waals surface area contributed by atoms with E-state index in [0.29, 0.717) is 24.7 Å². The van der Waals surface area contributed by atoms with Crippen molar-refractivity contribution in [1.82, 2.24) is 24.6 Å². The van der Waals surface area contributed by atoms with Gasteiger partial charge in [0, 0.05) is 37.9 Å². The van der Waals surface area contributed by atoms with Gasteiger partial charge in [-0.2, -0.15) is 5.10 Å². The molecule has 10 heteroatoms. The van der Waals surface area contributed by atoms with Gasteiger partial charge in [-0.05, 0) is 32.0 Å². The molecule has 0 atom stereocenters. The largest absolute Gasteiger partial charge is 0.353 e. The summed E-state index contributed by atoms with van der Waals surface area (Å²) in [5.41, 5.74) is 1.35. The molecule has 0 bridgehead atoms. The maximum Gasteiger partial charge on any atom is 0.257 e. The van der Waals surface area contributed by atoms with Crippen LogP contribution in [0.15, 0.2) is 30.6 Å². The summed E-state index contributed by atoms with van der Waals surface area (Å²) in [5.74, 6) is -3.79. The number of piperazine rings is 1. The first kappa shape index (κ1) is 19.9. The van der Waals surface area contributed by atoms with Gasteiger partial charge in [0.15, 0.2) is 23.3 Å². The maximum absolute atomic E-state index is 14.0. The van der Waals surface area contributed by atoms with Crippen LogP contribution in [0.25, 0.3) is 5.82 Å². The van der Waals surface area contributed by atoms with Crippen LogP contribution in [0.1, 0.15) is 21.7 Å². The summed E-state index contributed by atoms with van der Waals surface area (Å²) in [6.45, 7) is 5.31. The van der Waals surface area contributed by atoms with Gasteiger partial charge in [-0.15, -0.1) is 0 Å². The number of aryl methyl sites for hydroxylation is 2. The maximum atomic E-state index is 14.0. The highest BCUT2D eigenvalue weighted by atomic mass is 19.2. The van der Waals surface area contributed by atoms with Gasteiger partial charge in [0.25, 0.3) is 5.91 Å². The van der Waals surface area contributed by atoms with E-state index in [0.717, 1.165) is 23.5 Å². The molecule has 0 N–H and O–H groups in total. The van der Waals surface area contributed by atoms with Gasteiger partial charge in [0.1, 0.15) is 12.1 Å². The van der Waals surface area contributed by atoms with E-state index < -0.39 is 28.9 Å². The molecule has 30 heavy (non-hydrogen) atoms. The van der Waals surface area contributed by atoms with Crippen LogP contribution in [0.5, 0.6) is 0 Å². The minimum atomic E-state index is -1.64. The van der Waals surface area contributed by atoms with Crippen LogP contribution < -0.4 is 4.90 Å². The summed E-state index contributed by atoms with van der Waals surface area (Å²) >= 11 is 0. The SMILES string of the molecule is Cc1cc(C)n(-c2cc(N3CCN(C(=O)c4ccc(F)c(F)c4F)CC3)ncn2)n1. The molecule has 1 aliphatic heterocycles. The molecular formula is C20H19F3N6O. The quantitative estimate of drug-likeness (QED) is 0.614. The van der Waals surface area contributed by atoms with Gasteiger partial charge in [0.05, 0.1) is 11.3 Å². The molecule has 7 nitrogen and oxygen atoms in total. The second-order valence-electron chi connectivity index (χ2n) is 7.08. The van der Waals surface area contributed by atoms with Crippen molar-refractivity contribution in [1.29, 1.82) is 0 Å². The van der Waals surface area contributed by atoms with Crippen molar-refractivity contribution in [3.8, 4) is 5.82 Å². The Morgan fingerprint density at radius 3 is 2.30 bits per heavy atom. The molecule has 4 rings (SSSR count). The summed E-state index contributed by atoms with van der Waals surface area (Å²) in [4.78, 5) is 24.5. The Morgan fingerprint density at radius 2 is 1.63 bits per heavy atom. The zero-order valence-electron chi connectivity index (χ0n) is 16.4. The second-order valence-corrected chi connectivity index (χ2v) is 7.08. The zero-order chi connectivity index (χ0) is 21.4. The molecule has 0 saturated carbocycles. The summed E-state index contributed by atoms with van der Waals surface area (Å²) in [6.07, 6.45) is 1.45. The molecule has 1 amide bonds. The van der Waals surface area contributed by atoms with Crippen LogP contribution in [-0.2, 0) is 0 Å². The number of benzene rings is 1. The topological polar surface area (TPSA) is 67.2 Å². The van der Waals surface area contributed by atoms with Crippen molar-refractivity contribution < 1.29 is 18.0 Å². The molecule has 3 heterocycles. The van der Waals surface area contributed by atoms with E-state index in [1.165, 1.54) is 11.2 Å². The minimum absolute atomic E-state index is 0.288. The molecule has 3 aromatic rings. The number of hydrogen-bond donors (Lipinski definition) is 0. The van der Waals surface area contributed by atoms with Crippen LogP contribution in [0.3, 0.4) is 0 Å². The van der Waals surface area contributed by atoms with Gasteiger partial charge in [-0.1, -0.05) is 0 Å². The van der Waals surface area contributed by atoms with E-state index in [2.05, 4.69) is 15.1 Å². The molecule has 1 fully saturated rings. The fraction of sp³-hybridized carbons (Fsp3) is 0.300. The molecule has 0 radical (unpaired) electrons. The van der Waals surface area contributed by atoms with E-state index in [1.54, 1.807) is 4.68 Å². The Kier molecular flexibility index (Phi) is 5.15. The predicted octanol–water partition coefficient (Wildman–Crippen LogP) is 2.66. The molecule has 0 spiro atoms. The highest BCUT2D eigenvalue weighted by Gasteiger charge is 2.27. The molecule has 2 aromatic heterocycles. The van der Waals surface area contributed by atoms with Crippen molar-refractivity contribution in [3.63, 3.8) is 0 Å². The number of carbonyl (C=O) groups excluding carboxylic acids is 1. The van der Waals surface area contributed by atoms with Crippen molar-refractivity contribution in [3.05, 3.63) is 65.0 Å². The van der Waals surface area contributed by atoms with Crippen LogP contribution in [0, 0.1) is 31.3 Å². The number of carbonyl (C=O) groups is 1. The Balaban J connectivity index is 1.48. The molecule has 1 saturated heterocycles. The molecule has 1 aliphatic rings. The van der Waals surface area contributed by atoms with E-state index in [-0.39, 0.29) is 13.1 Å². The van der Waals surface area contributed by atoms with Crippen molar-refractivity contribution in [2.45, 2.75) is 13.8 Å². The van der Waals surface area contributed by atoms with E-state index >= 15 is 0 Å². The third-order valence-electron chi connectivity index (χ3n) is 5.02. The lowest BCUT2D eigenvalue weighted by Gasteiger charge is -2.35. The third kappa shape index (κ3) is 3.60. The Morgan fingerprint density at radius 1 is 0.933 bits per heavy atom. The normalized spacial score (nSPS) is 14.3. The highest BCUT2D eigenvalue weighted by molar-refractivity contribution is 5.94. The zero-order valence-corrected chi connectivity index (χ0v) is 16.4. The van der Waals surface area contributed by atoms with E-state index in [9.17, 15) is 18.0 Å². The van der Waals surface area contributed by atoms with Crippen LogP contribution in [-0.4, -0.2) is 56.7 Å². The van der Waals surface area contributed by atoms with E-state index in [4.69, 9.17) is 0 Å². The van der Waals surface area contributed by atoms with E-state index in [1.807, 2.05) is 30.9 Å². The fourth-order valence-corrected chi connectivity index (χ4v) is 3.49.